The Hall–Kier alpha value is 1.04. The van der Waals surface area contributed by atoms with Crippen molar-refractivity contribution in [3.63, 3.8) is 0 Å². The van der Waals surface area contributed by atoms with Gasteiger partial charge in [0.25, 0.3) is 0 Å². The molecular formula is C9H15IOS. The molecule has 1 nitrogen and oxygen atoms in total. The first kappa shape index (κ1) is 9.59. The van der Waals surface area contributed by atoms with E-state index >= 15 is 0 Å². The van der Waals surface area contributed by atoms with E-state index in [0.29, 0.717) is 11.5 Å². The van der Waals surface area contributed by atoms with Gasteiger partial charge in [0.05, 0.1) is 6.10 Å². The summed E-state index contributed by atoms with van der Waals surface area (Å²) in [6, 6.07) is 0. The van der Waals surface area contributed by atoms with E-state index in [-0.39, 0.29) is 0 Å². The molecule has 2 unspecified atom stereocenters. The predicted molar refractivity (Wildman–Crippen MR) is 62.2 cm³/mol. The molecule has 0 aromatic rings. The Balaban J connectivity index is 2.05. The summed E-state index contributed by atoms with van der Waals surface area (Å²) in [4.78, 5) is 0. The van der Waals surface area contributed by atoms with Crippen LogP contribution in [0, 0.1) is 5.41 Å². The molecule has 2 aliphatic rings. The second-order valence-electron chi connectivity index (χ2n) is 3.78. The van der Waals surface area contributed by atoms with Crippen LogP contribution in [0.5, 0.6) is 0 Å². The maximum Gasteiger partial charge on any atom is 0.0729 e. The van der Waals surface area contributed by atoms with Gasteiger partial charge >= 0.3 is 0 Å². The van der Waals surface area contributed by atoms with Crippen molar-refractivity contribution in [3.05, 3.63) is 0 Å². The molecule has 0 bridgehead atoms. The minimum absolute atomic E-state index is 0.561. The molecule has 2 saturated heterocycles. The van der Waals surface area contributed by atoms with Gasteiger partial charge in [-0.05, 0) is 25.0 Å². The summed E-state index contributed by atoms with van der Waals surface area (Å²) in [7, 11) is 0. The molecule has 70 valence electrons. The van der Waals surface area contributed by atoms with Crippen LogP contribution in [-0.2, 0) is 4.74 Å². The normalized spacial score (nSPS) is 42.2. The first-order chi connectivity index (χ1) is 5.87. The fourth-order valence-corrected chi connectivity index (χ4v) is 4.84. The van der Waals surface area contributed by atoms with Crippen molar-refractivity contribution < 1.29 is 4.74 Å². The first-order valence-corrected chi connectivity index (χ1v) is 7.31. The van der Waals surface area contributed by atoms with Crippen LogP contribution in [0.4, 0.5) is 0 Å². The molecule has 2 fully saturated rings. The predicted octanol–water partition coefficient (Wildman–Crippen LogP) is 2.72. The lowest BCUT2D eigenvalue weighted by molar-refractivity contribution is 0.0748. The molecule has 0 N–H and O–H groups in total. The summed E-state index contributed by atoms with van der Waals surface area (Å²) < 4.78 is 6.95. The second kappa shape index (κ2) is 4.05. The van der Waals surface area contributed by atoms with Gasteiger partial charge in [-0.25, -0.2) is 0 Å². The van der Waals surface area contributed by atoms with Crippen LogP contribution >= 0.6 is 34.4 Å². The van der Waals surface area contributed by atoms with Gasteiger partial charge in [0.1, 0.15) is 0 Å². The third kappa shape index (κ3) is 1.64. The van der Waals surface area contributed by atoms with Crippen molar-refractivity contribution >= 4 is 34.4 Å². The number of rotatable bonds is 1. The van der Waals surface area contributed by atoms with Crippen molar-refractivity contribution in [2.24, 2.45) is 5.41 Å². The average molecular weight is 298 g/mol. The van der Waals surface area contributed by atoms with Gasteiger partial charge < -0.3 is 4.74 Å². The highest BCUT2D eigenvalue weighted by Gasteiger charge is 2.44. The SMILES string of the molecule is ICC1OCCC12CCCSC2. The molecule has 0 aromatic heterocycles. The van der Waals surface area contributed by atoms with Crippen LogP contribution in [-0.4, -0.2) is 28.6 Å². The lowest BCUT2D eigenvalue weighted by Crippen LogP contribution is -2.37. The van der Waals surface area contributed by atoms with E-state index in [9.17, 15) is 0 Å². The van der Waals surface area contributed by atoms with Crippen LogP contribution in [0.15, 0.2) is 0 Å². The molecule has 2 aliphatic heterocycles. The van der Waals surface area contributed by atoms with Gasteiger partial charge in [-0.1, -0.05) is 22.6 Å². The Labute approximate surface area is 92.1 Å². The zero-order valence-corrected chi connectivity index (χ0v) is 10.2. The van der Waals surface area contributed by atoms with E-state index in [1.165, 1.54) is 35.2 Å². The number of hydrogen-bond donors (Lipinski definition) is 0. The monoisotopic (exact) mass is 298 g/mol. The summed E-state index contributed by atoms with van der Waals surface area (Å²) in [5, 5.41) is 0. The van der Waals surface area contributed by atoms with Crippen LogP contribution in [0.25, 0.3) is 0 Å². The smallest absolute Gasteiger partial charge is 0.0729 e. The Morgan fingerprint density at radius 1 is 1.50 bits per heavy atom. The number of halogens is 1. The average Bonchev–Trinajstić information content (AvgIpc) is 2.49. The largest absolute Gasteiger partial charge is 0.377 e. The Bertz CT molecular complexity index is 157. The Morgan fingerprint density at radius 3 is 3.08 bits per heavy atom. The summed E-state index contributed by atoms with van der Waals surface area (Å²) in [6.45, 7) is 1.01. The summed E-state index contributed by atoms with van der Waals surface area (Å²) in [5.41, 5.74) is 0.574. The van der Waals surface area contributed by atoms with Gasteiger partial charge in [0, 0.05) is 22.2 Å². The van der Waals surface area contributed by atoms with Gasteiger partial charge in [0.15, 0.2) is 0 Å². The molecule has 0 amide bonds. The van der Waals surface area contributed by atoms with Crippen LogP contribution < -0.4 is 0 Å². The first-order valence-electron chi connectivity index (χ1n) is 4.63. The van der Waals surface area contributed by atoms with Gasteiger partial charge in [-0.3, -0.25) is 0 Å². The van der Waals surface area contributed by atoms with Crippen molar-refractivity contribution in [3.8, 4) is 0 Å². The fourth-order valence-electron chi connectivity index (χ4n) is 2.28. The highest BCUT2D eigenvalue weighted by atomic mass is 127. The molecule has 0 aliphatic carbocycles. The Morgan fingerprint density at radius 2 is 2.42 bits per heavy atom. The Kier molecular flexibility index (Phi) is 3.23. The lowest BCUT2D eigenvalue weighted by atomic mass is 9.79. The molecular weight excluding hydrogens is 283 g/mol. The number of hydrogen-bond acceptors (Lipinski definition) is 2. The molecule has 3 heteroatoms. The standard InChI is InChI=1S/C9H15IOS/c10-6-8-9(3-4-11-8)2-1-5-12-7-9/h8H,1-7H2. The molecule has 2 rings (SSSR count). The zero-order chi connectivity index (χ0) is 8.44. The van der Waals surface area contributed by atoms with Crippen molar-refractivity contribution in [2.45, 2.75) is 25.4 Å². The minimum atomic E-state index is 0.561. The number of alkyl halides is 1. The number of thioether (sulfide) groups is 1. The molecule has 0 radical (unpaired) electrons. The fraction of sp³-hybridized carbons (Fsp3) is 1.00. The molecule has 0 saturated carbocycles. The molecule has 2 atom stereocenters. The van der Waals surface area contributed by atoms with Crippen molar-refractivity contribution in [1.29, 1.82) is 0 Å². The van der Waals surface area contributed by atoms with Gasteiger partial charge in [0.2, 0.25) is 0 Å². The summed E-state index contributed by atoms with van der Waals surface area (Å²) in [6.07, 6.45) is 4.69. The molecule has 12 heavy (non-hydrogen) atoms. The zero-order valence-electron chi connectivity index (χ0n) is 7.22. The lowest BCUT2D eigenvalue weighted by Gasteiger charge is -2.36. The highest BCUT2D eigenvalue weighted by molar-refractivity contribution is 14.1. The molecule has 1 spiro atoms. The van der Waals surface area contributed by atoms with Crippen molar-refractivity contribution in [2.75, 3.05) is 22.5 Å². The quantitative estimate of drug-likeness (QED) is 0.544. The highest BCUT2D eigenvalue weighted by Crippen LogP contribution is 2.45. The number of ether oxygens (including phenoxy) is 1. The molecule has 2 heterocycles. The maximum atomic E-state index is 5.77. The maximum absolute atomic E-state index is 5.77. The summed E-state index contributed by atoms with van der Waals surface area (Å²) in [5.74, 6) is 2.72. The van der Waals surface area contributed by atoms with Crippen molar-refractivity contribution in [1.82, 2.24) is 0 Å². The van der Waals surface area contributed by atoms with E-state index in [1.54, 1.807) is 0 Å². The van der Waals surface area contributed by atoms with Crippen LogP contribution in [0.2, 0.25) is 0 Å². The summed E-state index contributed by atoms with van der Waals surface area (Å²) >= 11 is 4.59. The minimum Gasteiger partial charge on any atom is -0.377 e. The molecule has 0 aromatic carbocycles. The van der Waals surface area contributed by atoms with Gasteiger partial charge in [-0.2, -0.15) is 11.8 Å². The van der Waals surface area contributed by atoms with E-state index in [2.05, 4.69) is 34.4 Å². The van der Waals surface area contributed by atoms with Gasteiger partial charge in [-0.15, -0.1) is 0 Å². The third-order valence-corrected chi connectivity index (χ3v) is 5.25. The van der Waals surface area contributed by atoms with E-state index in [1.807, 2.05) is 0 Å². The van der Waals surface area contributed by atoms with Crippen LogP contribution in [0.3, 0.4) is 0 Å². The van der Waals surface area contributed by atoms with E-state index in [4.69, 9.17) is 4.74 Å². The van der Waals surface area contributed by atoms with E-state index < -0.39 is 0 Å². The third-order valence-electron chi connectivity index (χ3n) is 3.10. The van der Waals surface area contributed by atoms with Crippen LogP contribution in [0.1, 0.15) is 19.3 Å². The topological polar surface area (TPSA) is 9.23 Å². The van der Waals surface area contributed by atoms with E-state index in [0.717, 1.165) is 6.61 Å². The second-order valence-corrected chi connectivity index (χ2v) is 5.77.